The Morgan fingerprint density at radius 3 is 2.38 bits per heavy atom. The van der Waals surface area contributed by atoms with Gasteiger partial charge in [0.1, 0.15) is 10.6 Å². The SMILES string of the molecule is CC(=O)Oc1cc(C)c(S(=O)(=O)O)c(C2CCCCC2)c1. The zero-order chi connectivity index (χ0) is 15.6. The van der Waals surface area contributed by atoms with Crippen molar-refractivity contribution in [3.05, 3.63) is 23.3 Å². The normalized spacial score (nSPS) is 16.7. The van der Waals surface area contributed by atoms with Crippen LogP contribution in [0.2, 0.25) is 0 Å². The van der Waals surface area contributed by atoms with Crippen molar-refractivity contribution in [2.75, 3.05) is 0 Å². The highest BCUT2D eigenvalue weighted by Crippen LogP contribution is 2.39. The molecule has 1 saturated carbocycles. The molecule has 0 heterocycles. The maximum Gasteiger partial charge on any atom is 0.308 e. The molecule has 0 aromatic heterocycles. The molecular formula is C15H20O5S. The first-order valence-corrected chi connectivity index (χ1v) is 8.53. The number of carbonyl (C=O) groups is 1. The lowest BCUT2D eigenvalue weighted by atomic mass is 9.83. The van der Waals surface area contributed by atoms with Gasteiger partial charge in [0.05, 0.1) is 0 Å². The summed E-state index contributed by atoms with van der Waals surface area (Å²) in [6, 6.07) is 3.05. The average Bonchev–Trinajstić information content (AvgIpc) is 2.36. The van der Waals surface area contributed by atoms with Gasteiger partial charge in [-0.1, -0.05) is 19.3 Å². The Morgan fingerprint density at radius 1 is 1.24 bits per heavy atom. The quantitative estimate of drug-likeness (QED) is 0.526. The molecule has 0 aliphatic heterocycles. The summed E-state index contributed by atoms with van der Waals surface area (Å²) in [7, 11) is -4.30. The summed E-state index contributed by atoms with van der Waals surface area (Å²) in [5, 5.41) is 0. The Bertz CT molecular complexity index is 642. The maximum absolute atomic E-state index is 11.7. The van der Waals surface area contributed by atoms with Gasteiger partial charge in [0.15, 0.2) is 0 Å². The van der Waals surface area contributed by atoms with E-state index < -0.39 is 16.1 Å². The van der Waals surface area contributed by atoms with E-state index in [0.717, 1.165) is 32.1 Å². The summed E-state index contributed by atoms with van der Waals surface area (Å²) in [5.74, 6) is -0.0542. The minimum absolute atomic E-state index is 0.0368. The van der Waals surface area contributed by atoms with Crippen LogP contribution in [0, 0.1) is 6.92 Å². The molecule has 5 nitrogen and oxygen atoms in total. The molecule has 0 unspecified atom stereocenters. The predicted molar refractivity (Wildman–Crippen MR) is 78.1 cm³/mol. The van der Waals surface area contributed by atoms with Gasteiger partial charge in [0.2, 0.25) is 0 Å². The van der Waals surface area contributed by atoms with Gasteiger partial charge in [-0.3, -0.25) is 9.35 Å². The number of rotatable bonds is 3. The predicted octanol–water partition coefficient (Wildman–Crippen LogP) is 3.21. The molecule has 116 valence electrons. The Hall–Kier alpha value is -1.40. The molecule has 0 bridgehead atoms. The van der Waals surface area contributed by atoms with Gasteiger partial charge < -0.3 is 4.74 Å². The molecule has 0 spiro atoms. The van der Waals surface area contributed by atoms with Crippen LogP contribution in [0.3, 0.4) is 0 Å². The fraction of sp³-hybridized carbons (Fsp3) is 0.533. The van der Waals surface area contributed by atoms with E-state index in [4.69, 9.17) is 4.74 Å². The second-order valence-corrected chi connectivity index (χ2v) is 6.92. The van der Waals surface area contributed by atoms with Crippen LogP contribution in [0.5, 0.6) is 5.75 Å². The highest BCUT2D eigenvalue weighted by Gasteiger charge is 2.26. The minimum atomic E-state index is -4.30. The number of esters is 1. The van der Waals surface area contributed by atoms with Crippen LogP contribution in [-0.4, -0.2) is 18.9 Å². The monoisotopic (exact) mass is 312 g/mol. The first-order valence-electron chi connectivity index (χ1n) is 7.09. The van der Waals surface area contributed by atoms with Crippen molar-refractivity contribution in [3.63, 3.8) is 0 Å². The van der Waals surface area contributed by atoms with Gasteiger partial charge in [0.25, 0.3) is 10.1 Å². The lowest BCUT2D eigenvalue weighted by molar-refractivity contribution is -0.131. The summed E-state index contributed by atoms with van der Waals surface area (Å²) in [5.41, 5.74) is 0.963. The third-order valence-corrected chi connectivity index (χ3v) is 4.91. The van der Waals surface area contributed by atoms with Gasteiger partial charge in [-0.25, -0.2) is 0 Å². The lowest BCUT2D eigenvalue weighted by Gasteiger charge is -2.25. The topological polar surface area (TPSA) is 80.7 Å². The molecule has 1 N–H and O–H groups in total. The summed E-state index contributed by atoms with van der Waals surface area (Å²) >= 11 is 0. The molecule has 1 aromatic carbocycles. The number of aryl methyl sites for hydroxylation is 1. The van der Waals surface area contributed by atoms with Crippen LogP contribution in [0.25, 0.3) is 0 Å². The fourth-order valence-electron chi connectivity index (χ4n) is 3.06. The Morgan fingerprint density at radius 2 is 1.86 bits per heavy atom. The van der Waals surface area contributed by atoms with E-state index in [0.29, 0.717) is 16.9 Å². The van der Waals surface area contributed by atoms with Crippen molar-refractivity contribution in [2.24, 2.45) is 0 Å². The van der Waals surface area contributed by atoms with E-state index in [-0.39, 0.29) is 10.8 Å². The molecule has 1 aromatic rings. The number of benzene rings is 1. The minimum Gasteiger partial charge on any atom is -0.427 e. The molecule has 6 heteroatoms. The molecular weight excluding hydrogens is 292 g/mol. The summed E-state index contributed by atoms with van der Waals surface area (Å²) < 4.78 is 38.0. The van der Waals surface area contributed by atoms with E-state index in [9.17, 15) is 17.8 Å². The fourth-order valence-corrected chi connectivity index (χ4v) is 4.05. The van der Waals surface area contributed by atoms with Crippen LogP contribution in [0.1, 0.15) is 56.1 Å². The summed E-state index contributed by atoms with van der Waals surface area (Å²) in [6.45, 7) is 2.90. The second kappa shape index (κ2) is 6.15. The third-order valence-electron chi connectivity index (χ3n) is 3.84. The highest BCUT2D eigenvalue weighted by molar-refractivity contribution is 7.86. The van der Waals surface area contributed by atoms with Crippen molar-refractivity contribution >= 4 is 16.1 Å². The third kappa shape index (κ3) is 3.83. The molecule has 21 heavy (non-hydrogen) atoms. The molecule has 1 aliphatic carbocycles. The standard InChI is InChI=1S/C15H20O5S/c1-10-8-13(20-11(2)16)9-14(15(10)21(17,18)19)12-6-4-3-5-7-12/h8-9,12H,3-7H2,1-2H3,(H,17,18,19). The Balaban J connectivity index is 2.55. The first-order chi connectivity index (χ1) is 9.79. The molecule has 2 rings (SSSR count). The number of carbonyl (C=O) groups excluding carboxylic acids is 1. The van der Waals surface area contributed by atoms with Crippen LogP contribution >= 0.6 is 0 Å². The number of hydrogen-bond donors (Lipinski definition) is 1. The van der Waals surface area contributed by atoms with Crippen LogP contribution < -0.4 is 4.74 Å². The van der Waals surface area contributed by atoms with Crippen LogP contribution in [0.15, 0.2) is 17.0 Å². The Labute approximate surface area is 125 Å². The van der Waals surface area contributed by atoms with Crippen molar-refractivity contribution in [1.29, 1.82) is 0 Å². The van der Waals surface area contributed by atoms with Gasteiger partial charge >= 0.3 is 5.97 Å². The molecule has 1 aliphatic rings. The molecule has 1 fully saturated rings. The number of hydrogen-bond acceptors (Lipinski definition) is 4. The van der Waals surface area contributed by atoms with Gasteiger partial charge in [0, 0.05) is 6.92 Å². The second-order valence-electron chi connectivity index (χ2n) is 5.56. The Kier molecular flexibility index (Phi) is 4.68. The lowest BCUT2D eigenvalue weighted by Crippen LogP contribution is -2.13. The van der Waals surface area contributed by atoms with Crippen molar-refractivity contribution < 1.29 is 22.5 Å². The van der Waals surface area contributed by atoms with Crippen LogP contribution in [-0.2, 0) is 14.9 Å². The van der Waals surface area contributed by atoms with Crippen molar-refractivity contribution in [1.82, 2.24) is 0 Å². The highest BCUT2D eigenvalue weighted by atomic mass is 32.2. The van der Waals surface area contributed by atoms with Crippen molar-refractivity contribution in [3.8, 4) is 5.75 Å². The maximum atomic E-state index is 11.7. The zero-order valence-corrected chi connectivity index (χ0v) is 13.1. The van der Waals surface area contributed by atoms with E-state index in [1.54, 1.807) is 13.0 Å². The number of ether oxygens (including phenoxy) is 1. The largest absolute Gasteiger partial charge is 0.427 e. The zero-order valence-electron chi connectivity index (χ0n) is 12.3. The summed E-state index contributed by atoms with van der Waals surface area (Å²) in [6.07, 6.45) is 4.97. The average molecular weight is 312 g/mol. The molecule has 0 amide bonds. The van der Waals surface area contributed by atoms with E-state index in [2.05, 4.69) is 0 Å². The van der Waals surface area contributed by atoms with E-state index in [1.165, 1.54) is 13.0 Å². The summed E-state index contributed by atoms with van der Waals surface area (Å²) in [4.78, 5) is 11.1. The molecule has 0 radical (unpaired) electrons. The smallest absolute Gasteiger partial charge is 0.308 e. The first kappa shape index (κ1) is 16.0. The molecule has 0 atom stereocenters. The van der Waals surface area contributed by atoms with Gasteiger partial charge in [-0.05, 0) is 48.9 Å². The van der Waals surface area contributed by atoms with E-state index in [1.807, 2.05) is 0 Å². The molecule has 0 saturated heterocycles. The van der Waals surface area contributed by atoms with Gasteiger partial charge in [-0.15, -0.1) is 0 Å². The van der Waals surface area contributed by atoms with Crippen molar-refractivity contribution in [2.45, 2.75) is 56.8 Å². The van der Waals surface area contributed by atoms with Gasteiger partial charge in [-0.2, -0.15) is 8.42 Å². The van der Waals surface area contributed by atoms with E-state index >= 15 is 0 Å². The van der Waals surface area contributed by atoms with Crippen LogP contribution in [0.4, 0.5) is 0 Å².